The third-order valence-electron chi connectivity index (χ3n) is 3.27. The van der Waals surface area contributed by atoms with Crippen LogP contribution in [0.4, 0.5) is 5.82 Å². The Balaban J connectivity index is 1.96. The summed E-state index contributed by atoms with van der Waals surface area (Å²) in [6, 6.07) is 0. The van der Waals surface area contributed by atoms with Crippen LogP contribution in [0, 0.1) is 18.3 Å². The number of rotatable bonds is 6. The summed E-state index contributed by atoms with van der Waals surface area (Å²) in [6.45, 7) is 8.75. The van der Waals surface area contributed by atoms with Crippen molar-refractivity contribution < 1.29 is 0 Å². The maximum atomic E-state index is 5.44. The van der Waals surface area contributed by atoms with Gasteiger partial charge in [-0.15, -0.1) is 6.42 Å². The van der Waals surface area contributed by atoms with Gasteiger partial charge < -0.3 is 10.2 Å². The number of hydrogen-bond acceptors (Lipinski definition) is 4. The van der Waals surface area contributed by atoms with Crippen LogP contribution >= 0.6 is 0 Å². The van der Waals surface area contributed by atoms with Gasteiger partial charge in [0.25, 0.3) is 0 Å². The molecule has 0 saturated heterocycles. The van der Waals surface area contributed by atoms with Crippen LogP contribution in [0.1, 0.15) is 39.3 Å². The van der Waals surface area contributed by atoms with Crippen LogP contribution in [0.3, 0.4) is 0 Å². The van der Waals surface area contributed by atoms with Crippen LogP contribution in [-0.2, 0) is 6.54 Å². The largest absolute Gasteiger partial charge is 0.344 e. The first-order valence-corrected chi connectivity index (χ1v) is 7.22. The SMILES string of the molecule is C#CCN(CC1CC1)c1cnc(CNC(C)(C)C)cn1. The molecule has 0 spiro atoms. The first-order valence-electron chi connectivity index (χ1n) is 7.22. The molecule has 2 rings (SSSR count). The second-order valence-corrected chi connectivity index (χ2v) is 6.50. The molecule has 0 aromatic carbocycles. The fourth-order valence-corrected chi connectivity index (χ4v) is 1.92. The van der Waals surface area contributed by atoms with Gasteiger partial charge in [-0.2, -0.15) is 0 Å². The lowest BCUT2D eigenvalue weighted by Gasteiger charge is -2.22. The molecule has 20 heavy (non-hydrogen) atoms. The van der Waals surface area contributed by atoms with Crippen LogP contribution in [0.2, 0.25) is 0 Å². The van der Waals surface area contributed by atoms with E-state index in [4.69, 9.17) is 6.42 Å². The summed E-state index contributed by atoms with van der Waals surface area (Å²) in [4.78, 5) is 11.1. The van der Waals surface area contributed by atoms with Crippen molar-refractivity contribution in [1.29, 1.82) is 0 Å². The van der Waals surface area contributed by atoms with Gasteiger partial charge in [-0.1, -0.05) is 5.92 Å². The van der Waals surface area contributed by atoms with E-state index in [0.29, 0.717) is 6.54 Å². The van der Waals surface area contributed by atoms with Crippen molar-refractivity contribution in [2.75, 3.05) is 18.0 Å². The Kier molecular flexibility index (Phi) is 4.61. The normalized spacial score (nSPS) is 14.9. The van der Waals surface area contributed by atoms with Gasteiger partial charge in [0.15, 0.2) is 0 Å². The second kappa shape index (κ2) is 6.23. The molecule has 0 bridgehead atoms. The molecule has 1 aromatic rings. The molecular formula is C16H24N4. The lowest BCUT2D eigenvalue weighted by molar-refractivity contribution is 0.421. The van der Waals surface area contributed by atoms with Gasteiger partial charge in [0.05, 0.1) is 24.6 Å². The minimum atomic E-state index is 0.0851. The van der Waals surface area contributed by atoms with E-state index in [1.165, 1.54) is 12.8 Å². The highest BCUT2D eigenvalue weighted by atomic mass is 15.2. The zero-order chi connectivity index (χ0) is 14.6. The fraction of sp³-hybridized carbons (Fsp3) is 0.625. The molecule has 1 fully saturated rings. The van der Waals surface area contributed by atoms with Crippen molar-refractivity contribution in [3.05, 3.63) is 18.1 Å². The van der Waals surface area contributed by atoms with Crippen molar-refractivity contribution in [3.63, 3.8) is 0 Å². The standard InChI is InChI=1S/C16H24N4/c1-5-8-20(12-13-6-7-13)15-11-17-14(9-18-15)10-19-16(2,3)4/h1,9,11,13,19H,6-8,10,12H2,2-4H3. The second-order valence-electron chi connectivity index (χ2n) is 6.50. The van der Waals surface area contributed by atoms with Gasteiger partial charge in [0.2, 0.25) is 0 Å². The average molecular weight is 272 g/mol. The van der Waals surface area contributed by atoms with E-state index in [0.717, 1.165) is 30.5 Å². The molecule has 1 aromatic heterocycles. The predicted octanol–water partition coefficient (Wildman–Crippen LogP) is 2.21. The molecule has 1 saturated carbocycles. The van der Waals surface area contributed by atoms with E-state index in [9.17, 15) is 0 Å². The molecule has 0 atom stereocenters. The Bertz CT molecular complexity index is 463. The minimum Gasteiger partial charge on any atom is -0.344 e. The lowest BCUT2D eigenvalue weighted by atomic mass is 10.1. The molecule has 0 amide bonds. The summed E-state index contributed by atoms with van der Waals surface area (Å²) in [5.41, 5.74) is 1.04. The molecular weight excluding hydrogens is 248 g/mol. The van der Waals surface area contributed by atoms with E-state index in [-0.39, 0.29) is 5.54 Å². The smallest absolute Gasteiger partial charge is 0.147 e. The summed E-state index contributed by atoms with van der Waals surface area (Å²) >= 11 is 0. The van der Waals surface area contributed by atoms with Crippen LogP contribution in [0.15, 0.2) is 12.4 Å². The highest BCUT2D eigenvalue weighted by Crippen LogP contribution is 2.30. The first kappa shape index (κ1) is 14.8. The van der Waals surface area contributed by atoms with E-state index in [2.05, 4.69) is 46.9 Å². The summed E-state index contributed by atoms with van der Waals surface area (Å²) in [6.07, 6.45) is 11.7. The van der Waals surface area contributed by atoms with Crippen LogP contribution in [-0.4, -0.2) is 28.6 Å². The van der Waals surface area contributed by atoms with Gasteiger partial charge in [-0.3, -0.25) is 4.98 Å². The van der Waals surface area contributed by atoms with Crippen LogP contribution < -0.4 is 10.2 Å². The Labute approximate surface area is 122 Å². The van der Waals surface area contributed by atoms with Crippen LogP contribution in [0.5, 0.6) is 0 Å². The Morgan fingerprint density at radius 3 is 2.60 bits per heavy atom. The average Bonchev–Trinajstić information content (AvgIpc) is 3.20. The first-order chi connectivity index (χ1) is 9.48. The Morgan fingerprint density at radius 2 is 2.10 bits per heavy atom. The highest BCUT2D eigenvalue weighted by molar-refractivity contribution is 5.38. The molecule has 0 aliphatic heterocycles. The Hall–Kier alpha value is -1.60. The molecule has 1 aliphatic carbocycles. The van der Waals surface area contributed by atoms with Crippen molar-refractivity contribution in [2.24, 2.45) is 5.92 Å². The van der Waals surface area contributed by atoms with Crippen molar-refractivity contribution in [1.82, 2.24) is 15.3 Å². The minimum absolute atomic E-state index is 0.0851. The number of hydrogen-bond donors (Lipinski definition) is 1. The molecule has 0 radical (unpaired) electrons. The molecule has 1 N–H and O–H groups in total. The topological polar surface area (TPSA) is 41.1 Å². The predicted molar refractivity (Wildman–Crippen MR) is 82.4 cm³/mol. The number of aromatic nitrogens is 2. The quantitative estimate of drug-likeness (QED) is 0.806. The molecule has 108 valence electrons. The zero-order valence-electron chi connectivity index (χ0n) is 12.7. The zero-order valence-corrected chi connectivity index (χ0v) is 12.7. The number of nitrogens with zero attached hydrogens (tertiary/aromatic N) is 3. The number of anilines is 1. The van der Waals surface area contributed by atoms with Gasteiger partial charge in [0, 0.05) is 18.6 Å². The third-order valence-corrected chi connectivity index (χ3v) is 3.27. The maximum absolute atomic E-state index is 5.44. The lowest BCUT2D eigenvalue weighted by Crippen LogP contribution is -2.35. The highest BCUT2D eigenvalue weighted by Gasteiger charge is 2.24. The molecule has 1 aliphatic rings. The summed E-state index contributed by atoms with van der Waals surface area (Å²) in [7, 11) is 0. The summed E-state index contributed by atoms with van der Waals surface area (Å²) < 4.78 is 0. The van der Waals surface area contributed by atoms with Gasteiger partial charge >= 0.3 is 0 Å². The monoisotopic (exact) mass is 272 g/mol. The third kappa shape index (κ3) is 4.82. The van der Waals surface area contributed by atoms with Crippen molar-refractivity contribution in [2.45, 2.75) is 45.7 Å². The summed E-state index contributed by atoms with van der Waals surface area (Å²) in [5, 5.41) is 3.41. The molecule has 1 heterocycles. The van der Waals surface area contributed by atoms with E-state index in [1.54, 1.807) is 0 Å². The van der Waals surface area contributed by atoms with Crippen molar-refractivity contribution in [3.8, 4) is 12.3 Å². The number of nitrogens with one attached hydrogen (secondary N) is 1. The number of terminal acetylenes is 1. The summed E-state index contributed by atoms with van der Waals surface area (Å²) in [5.74, 6) is 4.37. The van der Waals surface area contributed by atoms with Gasteiger partial charge in [-0.25, -0.2) is 4.98 Å². The van der Waals surface area contributed by atoms with E-state index >= 15 is 0 Å². The van der Waals surface area contributed by atoms with E-state index in [1.807, 2.05) is 12.4 Å². The fourth-order valence-electron chi connectivity index (χ4n) is 1.92. The maximum Gasteiger partial charge on any atom is 0.147 e. The van der Waals surface area contributed by atoms with Gasteiger partial charge in [-0.05, 0) is 39.5 Å². The van der Waals surface area contributed by atoms with Crippen LogP contribution in [0.25, 0.3) is 0 Å². The van der Waals surface area contributed by atoms with Crippen molar-refractivity contribution >= 4 is 5.82 Å². The molecule has 0 unspecified atom stereocenters. The molecule has 4 nitrogen and oxygen atoms in total. The van der Waals surface area contributed by atoms with E-state index < -0.39 is 0 Å². The Morgan fingerprint density at radius 1 is 1.35 bits per heavy atom. The molecule has 4 heteroatoms. The van der Waals surface area contributed by atoms with Gasteiger partial charge in [0.1, 0.15) is 5.82 Å².